The summed E-state index contributed by atoms with van der Waals surface area (Å²) in [6.45, 7) is 7.12. The van der Waals surface area contributed by atoms with Gasteiger partial charge in [-0.1, -0.05) is 11.6 Å². The van der Waals surface area contributed by atoms with E-state index >= 15 is 0 Å². The number of aromatic hydroxyl groups is 1. The summed E-state index contributed by atoms with van der Waals surface area (Å²) in [6, 6.07) is 21.4. The Morgan fingerprint density at radius 1 is 0.811 bits per heavy atom. The quantitative estimate of drug-likeness (QED) is 0.362. The summed E-state index contributed by atoms with van der Waals surface area (Å²) < 4.78 is 3.13. The number of anilines is 2. The van der Waals surface area contributed by atoms with Crippen LogP contribution in [0.5, 0.6) is 5.75 Å². The van der Waals surface area contributed by atoms with Crippen molar-refractivity contribution in [1.82, 2.24) is 9.13 Å². The second-order valence-electron chi connectivity index (χ2n) is 9.35. The van der Waals surface area contributed by atoms with Crippen LogP contribution >= 0.6 is 11.6 Å². The summed E-state index contributed by atoms with van der Waals surface area (Å²) in [5.74, 6) is 0.132. The Kier molecular flexibility index (Phi) is 6.80. The number of rotatable bonds is 6. The lowest BCUT2D eigenvalue weighted by Gasteiger charge is -2.37. The number of halogens is 1. The molecule has 2 heterocycles. The van der Waals surface area contributed by atoms with Crippen molar-refractivity contribution in [2.45, 2.75) is 19.9 Å². The van der Waals surface area contributed by atoms with Crippen molar-refractivity contribution in [3.8, 4) is 11.4 Å². The van der Waals surface area contributed by atoms with Gasteiger partial charge in [-0.15, -0.1) is 0 Å². The van der Waals surface area contributed by atoms with Crippen LogP contribution in [-0.2, 0) is 0 Å². The number of phenolic OH excluding ortho intramolecular Hbond substituents is 1. The standard InChI is InChI=1S/C29H29ClN4O3/c1-20-19-33(21(2)28(36)22-3-5-23(30)6-4-22)29(37)34(20)26-9-7-24(8-10-26)31-15-17-32(18-16-31)25-11-13-27(35)14-12-25/h3-14,19,21,35H,15-18H2,1-2H3. The molecule has 3 aromatic carbocycles. The van der Waals surface area contributed by atoms with Gasteiger partial charge in [0.05, 0.1) is 11.7 Å². The van der Waals surface area contributed by atoms with E-state index in [1.165, 1.54) is 4.57 Å². The lowest BCUT2D eigenvalue weighted by molar-refractivity contribution is 0.0933. The fourth-order valence-corrected chi connectivity index (χ4v) is 4.98. The van der Waals surface area contributed by atoms with E-state index in [1.54, 1.807) is 54.1 Å². The first-order chi connectivity index (χ1) is 17.8. The average molecular weight is 517 g/mol. The van der Waals surface area contributed by atoms with Crippen molar-refractivity contribution in [3.63, 3.8) is 0 Å². The molecule has 8 heteroatoms. The first kappa shape index (κ1) is 24.7. The van der Waals surface area contributed by atoms with Crippen LogP contribution in [0.3, 0.4) is 0 Å². The van der Waals surface area contributed by atoms with E-state index < -0.39 is 6.04 Å². The lowest BCUT2D eigenvalue weighted by atomic mass is 10.1. The maximum atomic E-state index is 13.3. The van der Waals surface area contributed by atoms with Crippen molar-refractivity contribution in [2.24, 2.45) is 0 Å². The third kappa shape index (κ3) is 5.00. The van der Waals surface area contributed by atoms with E-state index in [4.69, 9.17) is 11.6 Å². The molecule has 4 aromatic rings. The molecule has 190 valence electrons. The number of ketones is 1. The predicted octanol–water partition coefficient (Wildman–Crippen LogP) is 5.08. The van der Waals surface area contributed by atoms with E-state index in [-0.39, 0.29) is 17.2 Å². The van der Waals surface area contributed by atoms with Crippen molar-refractivity contribution in [3.05, 3.63) is 106 Å². The molecule has 1 fully saturated rings. The van der Waals surface area contributed by atoms with Gasteiger partial charge in [0, 0.05) is 60.0 Å². The van der Waals surface area contributed by atoms with Crippen LogP contribution in [0.25, 0.3) is 5.69 Å². The normalized spacial score (nSPS) is 14.6. The minimum absolute atomic E-state index is 0.141. The molecule has 1 saturated heterocycles. The van der Waals surface area contributed by atoms with Gasteiger partial charge >= 0.3 is 5.69 Å². The number of imidazole rings is 1. The molecule has 1 N–H and O–H groups in total. The van der Waals surface area contributed by atoms with Crippen LogP contribution in [0.1, 0.15) is 29.0 Å². The first-order valence-corrected chi connectivity index (χ1v) is 12.7. The maximum Gasteiger partial charge on any atom is 0.333 e. The Hall–Kier alpha value is -3.97. The molecule has 1 aromatic heterocycles. The van der Waals surface area contributed by atoms with Crippen molar-refractivity contribution in [1.29, 1.82) is 0 Å². The number of nitrogens with zero attached hydrogens (tertiary/aromatic N) is 4. The highest BCUT2D eigenvalue weighted by molar-refractivity contribution is 6.30. The van der Waals surface area contributed by atoms with Gasteiger partial charge in [0.25, 0.3) is 0 Å². The van der Waals surface area contributed by atoms with Crippen LogP contribution in [-0.4, -0.2) is 46.2 Å². The molecule has 0 aliphatic carbocycles. The van der Waals surface area contributed by atoms with E-state index in [0.29, 0.717) is 10.6 Å². The summed E-state index contributed by atoms with van der Waals surface area (Å²) in [6.07, 6.45) is 1.73. The highest BCUT2D eigenvalue weighted by Gasteiger charge is 2.22. The Morgan fingerprint density at radius 2 is 1.30 bits per heavy atom. The molecule has 0 spiro atoms. The third-order valence-electron chi connectivity index (χ3n) is 6.98. The largest absolute Gasteiger partial charge is 0.508 e. The third-order valence-corrected chi connectivity index (χ3v) is 7.24. The number of Topliss-reactive ketones (excluding diaryl/α,β-unsaturated/α-hetero) is 1. The van der Waals surface area contributed by atoms with Crippen LogP contribution in [0.15, 0.2) is 83.8 Å². The number of carbonyl (C=O) groups is 1. The topological polar surface area (TPSA) is 70.7 Å². The summed E-state index contributed by atoms with van der Waals surface area (Å²) in [5.41, 5.74) is 4.00. The number of phenols is 1. The Morgan fingerprint density at radius 3 is 1.84 bits per heavy atom. The van der Waals surface area contributed by atoms with Crippen molar-refractivity contribution < 1.29 is 9.90 Å². The number of hydrogen-bond donors (Lipinski definition) is 1. The van der Waals surface area contributed by atoms with E-state index in [9.17, 15) is 14.7 Å². The molecule has 1 aliphatic rings. The molecular formula is C29H29ClN4O3. The first-order valence-electron chi connectivity index (χ1n) is 12.3. The zero-order valence-electron chi connectivity index (χ0n) is 20.8. The molecule has 1 aliphatic heterocycles. The van der Waals surface area contributed by atoms with Gasteiger partial charge in [0.15, 0.2) is 5.78 Å². The minimum Gasteiger partial charge on any atom is -0.508 e. The molecule has 0 amide bonds. The van der Waals surface area contributed by atoms with Crippen molar-refractivity contribution >= 4 is 28.8 Å². The van der Waals surface area contributed by atoms with Gasteiger partial charge in [-0.05, 0) is 86.6 Å². The number of benzene rings is 3. The number of piperazine rings is 1. The van der Waals surface area contributed by atoms with Crippen LogP contribution < -0.4 is 15.5 Å². The Labute approximate surface area is 220 Å². The molecule has 0 radical (unpaired) electrons. The highest BCUT2D eigenvalue weighted by atomic mass is 35.5. The van der Waals surface area contributed by atoms with Crippen molar-refractivity contribution in [2.75, 3.05) is 36.0 Å². The number of hydrogen-bond acceptors (Lipinski definition) is 5. The van der Waals surface area contributed by atoms with Gasteiger partial charge in [0.2, 0.25) is 0 Å². The number of carbonyl (C=O) groups excluding carboxylic acids is 1. The monoisotopic (exact) mass is 516 g/mol. The van der Waals surface area contributed by atoms with E-state index in [2.05, 4.69) is 9.80 Å². The Bertz CT molecular complexity index is 1450. The summed E-state index contributed by atoms with van der Waals surface area (Å²) in [4.78, 5) is 30.9. The van der Waals surface area contributed by atoms with Crippen LogP contribution in [0, 0.1) is 6.92 Å². The fraction of sp³-hybridized carbons (Fsp3) is 0.241. The number of aryl methyl sites for hydroxylation is 1. The zero-order valence-corrected chi connectivity index (χ0v) is 21.6. The molecule has 0 bridgehead atoms. The SMILES string of the molecule is Cc1cn(C(C)C(=O)c2ccc(Cl)cc2)c(=O)n1-c1ccc(N2CCN(c3ccc(O)cc3)CC2)cc1. The molecule has 1 atom stereocenters. The van der Waals surface area contributed by atoms with E-state index in [0.717, 1.165) is 48.9 Å². The van der Waals surface area contributed by atoms with Gasteiger partial charge in [0.1, 0.15) is 5.75 Å². The zero-order chi connectivity index (χ0) is 26.1. The van der Waals surface area contributed by atoms with Gasteiger partial charge in [-0.25, -0.2) is 4.79 Å². The lowest BCUT2D eigenvalue weighted by Crippen LogP contribution is -2.46. The molecular weight excluding hydrogens is 488 g/mol. The van der Waals surface area contributed by atoms with Crippen LogP contribution in [0.4, 0.5) is 11.4 Å². The van der Waals surface area contributed by atoms with Gasteiger partial charge in [-0.2, -0.15) is 0 Å². The van der Waals surface area contributed by atoms with Crippen LogP contribution in [0.2, 0.25) is 5.02 Å². The summed E-state index contributed by atoms with van der Waals surface area (Å²) in [7, 11) is 0. The molecule has 7 nitrogen and oxygen atoms in total. The highest BCUT2D eigenvalue weighted by Crippen LogP contribution is 2.24. The second-order valence-corrected chi connectivity index (χ2v) is 9.79. The average Bonchev–Trinajstić information content (AvgIpc) is 3.22. The minimum atomic E-state index is -0.641. The molecule has 1 unspecified atom stereocenters. The molecule has 37 heavy (non-hydrogen) atoms. The Balaban J connectivity index is 1.30. The summed E-state index contributed by atoms with van der Waals surface area (Å²) in [5, 5.41) is 10.1. The summed E-state index contributed by atoms with van der Waals surface area (Å²) >= 11 is 5.94. The van der Waals surface area contributed by atoms with E-state index in [1.807, 2.05) is 43.3 Å². The second kappa shape index (κ2) is 10.2. The molecule has 5 rings (SSSR count). The number of aromatic nitrogens is 2. The maximum absolute atomic E-state index is 13.3. The fourth-order valence-electron chi connectivity index (χ4n) is 4.85. The predicted molar refractivity (Wildman–Crippen MR) is 148 cm³/mol. The smallest absolute Gasteiger partial charge is 0.333 e. The molecule has 0 saturated carbocycles. The van der Waals surface area contributed by atoms with Gasteiger partial charge < -0.3 is 14.9 Å². The van der Waals surface area contributed by atoms with Gasteiger partial charge in [-0.3, -0.25) is 13.9 Å².